The van der Waals surface area contributed by atoms with Gasteiger partial charge in [-0.3, -0.25) is 0 Å². The van der Waals surface area contributed by atoms with Gasteiger partial charge in [0.2, 0.25) is 11.0 Å². The first-order valence-corrected chi connectivity index (χ1v) is 9.07. The van der Waals surface area contributed by atoms with Crippen LogP contribution in [0.3, 0.4) is 0 Å². The van der Waals surface area contributed by atoms with Crippen molar-refractivity contribution in [2.75, 3.05) is 13.4 Å². The van der Waals surface area contributed by atoms with Gasteiger partial charge in [0, 0.05) is 5.56 Å². The van der Waals surface area contributed by atoms with Crippen molar-refractivity contribution < 1.29 is 4.74 Å². The molecule has 1 aliphatic rings. The highest BCUT2D eigenvalue weighted by Crippen LogP contribution is 2.35. The van der Waals surface area contributed by atoms with Crippen molar-refractivity contribution in [3.05, 3.63) is 35.9 Å². The van der Waals surface area contributed by atoms with E-state index in [0.29, 0.717) is 22.0 Å². The lowest BCUT2D eigenvalue weighted by molar-refractivity contribution is 0.389. The number of aromatic nitrogens is 5. The van der Waals surface area contributed by atoms with Crippen molar-refractivity contribution >= 4 is 29.7 Å². The number of hydrogen-bond donors (Lipinski definition) is 0. The molecule has 4 rings (SSSR count). The quantitative estimate of drug-likeness (QED) is 0.317. The van der Waals surface area contributed by atoms with Gasteiger partial charge in [-0.05, 0) is 18.0 Å². The van der Waals surface area contributed by atoms with Crippen LogP contribution in [-0.4, -0.2) is 44.4 Å². The van der Waals surface area contributed by atoms with Gasteiger partial charge in [-0.25, -0.2) is 4.98 Å². The van der Waals surface area contributed by atoms with Crippen LogP contribution in [0.1, 0.15) is 5.56 Å². The zero-order valence-corrected chi connectivity index (χ0v) is 14.5. The molecule has 0 N–H and O–H groups in total. The molecule has 0 saturated heterocycles. The van der Waals surface area contributed by atoms with Gasteiger partial charge in [0.25, 0.3) is 0 Å². The Kier molecular flexibility index (Phi) is 3.95. The molecule has 2 aromatic heterocycles. The maximum absolute atomic E-state index is 5.39. The van der Waals surface area contributed by atoms with Gasteiger partial charge in [0.05, 0.1) is 18.9 Å². The number of fused-ring (bicyclic) bond motifs is 2. The maximum Gasteiger partial charge on any atom is 0.227 e. The SMILES string of the molecule is COc1nc(SC)nc2c1C=Nn1c(nnc1-c1ccccc1)S2. The summed E-state index contributed by atoms with van der Waals surface area (Å²) in [4.78, 5) is 8.92. The van der Waals surface area contributed by atoms with Gasteiger partial charge in [0.1, 0.15) is 5.03 Å². The Labute approximate surface area is 146 Å². The van der Waals surface area contributed by atoms with Gasteiger partial charge in [0.15, 0.2) is 11.0 Å². The monoisotopic (exact) mass is 356 g/mol. The van der Waals surface area contributed by atoms with Crippen molar-refractivity contribution in [1.29, 1.82) is 0 Å². The Morgan fingerprint density at radius 3 is 2.71 bits per heavy atom. The van der Waals surface area contributed by atoms with Crippen LogP contribution >= 0.6 is 23.5 Å². The van der Waals surface area contributed by atoms with Gasteiger partial charge < -0.3 is 4.74 Å². The van der Waals surface area contributed by atoms with E-state index in [9.17, 15) is 0 Å². The summed E-state index contributed by atoms with van der Waals surface area (Å²) in [5, 5.41) is 15.1. The number of benzene rings is 1. The average molecular weight is 356 g/mol. The maximum atomic E-state index is 5.39. The summed E-state index contributed by atoms with van der Waals surface area (Å²) >= 11 is 2.86. The van der Waals surface area contributed by atoms with Gasteiger partial charge in [-0.1, -0.05) is 42.1 Å². The van der Waals surface area contributed by atoms with Crippen LogP contribution in [0.15, 0.2) is 50.8 Å². The lowest BCUT2D eigenvalue weighted by atomic mass is 10.2. The lowest BCUT2D eigenvalue weighted by Gasteiger charge is -2.07. The highest BCUT2D eigenvalue weighted by atomic mass is 32.2. The molecule has 0 unspecified atom stereocenters. The third-order valence-electron chi connectivity index (χ3n) is 3.37. The number of nitrogens with zero attached hydrogens (tertiary/aromatic N) is 6. The number of hydrogen-bond acceptors (Lipinski definition) is 8. The predicted octanol–water partition coefficient (Wildman–Crippen LogP) is 2.81. The van der Waals surface area contributed by atoms with E-state index in [4.69, 9.17) is 4.74 Å². The Balaban J connectivity index is 1.84. The highest BCUT2D eigenvalue weighted by molar-refractivity contribution is 7.99. The standard InChI is InChI=1S/C15H12N6OS2/c1-22-12-10-8-16-21-11(9-6-4-3-5-7-9)19-20-15(21)24-13(10)18-14(17-12)23-2/h3-8H,1-2H3. The normalized spacial score (nSPS) is 12.4. The van der Waals surface area contributed by atoms with Crippen LogP contribution in [0.4, 0.5) is 0 Å². The highest BCUT2D eigenvalue weighted by Gasteiger charge is 2.22. The number of thioether (sulfide) groups is 1. The van der Waals surface area contributed by atoms with E-state index in [1.54, 1.807) is 18.0 Å². The predicted molar refractivity (Wildman–Crippen MR) is 92.9 cm³/mol. The molecule has 24 heavy (non-hydrogen) atoms. The van der Waals surface area contributed by atoms with Crippen molar-refractivity contribution in [3.63, 3.8) is 0 Å². The summed E-state index contributed by atoms with van der Waals surface area (Å²) in [6.07, 6.45) is 3.62. The van der Waals surface area contributed by atoms with E-state index in [1.165, 1.54) is 23.5 Å². The molecule has 3 heterocycles. The fourth-order valence-electron chi connectivity index (χ4n) is 2.25. The first-order chi connectivity index (χ1) is 11.8. The summed E-state index contributed by atoms with van der Waals surface area (Å²) in [5.41, 5.74) is 1.69. The zero-order valence-electron chi connectivity index (χ0n) is 12.9. The minimum absolute atomic E-state index is 0.501. The van der Waals surface area contributed by atoms with Crippen molar-refractivity contribution in [3.8, 4) is 17.3 Å². The van der Waals surface area contributed by atoms with E-state index in [-0.39, 0.29) is 0 Å². The first-order valence-electron chi connectivity index (χ1n) is 7.03. The Morgan fingerprint density at radius 2 is 1.96 bits per heavy atom. The molecular weight excluding hydrogens is 344 g/mol. The second-order valence-electron chi connectivity index (χ2n) is 4.77. The molecule has 120 valence electrons. The topological polar surface area (TPSA) is 78.1 Å². The molecule has 0 atom stereocenters. The van der Waals surface area contributed by atoms with Crippen LogP contribution in [0.2, 0.25) is 0 Å². The molecule has 7 nitrogen and oxygen atoms in total. The fourth-order valence-corrected chi connectivity index (χ4v) is 3.52. The molecule has 1 aromatic carbocycles. The second kappa shape index (κ2) is 6.25. The summed E-state index contributed by atoms with van der Waals surface area (Å²) in [5.74, 6) is 1.18. The summed E-state index contributed by atoms with van der Waals surface area (Å²) < 4.78 is 7.09. The molecule has 0 saturated carbocycles. The molecule has 0 radical (unpaired) electrons. The molecule has 0 amide bonds. The molecule has 0 fully saturated rings. The van der Waals surface area contributed by atoms with Crippen molar-refractivity contribution in [2.45, 2.75) is 15.3 Å². The minimum Gasteiger partial charge on any atom is -0.480 e. The van der Waals surface area contributed by atoms with Crippen LogP contribution in [0.5, 0.6) is 5.88 Å². The van der Waals surface area contributed by atoms with E-state index < -0.39 is 0 Å². The number of ether oxygens (including phenoxy) is 1. The molecule has 0 bridgehead atoms. The second-order valence-corrected chi connectivity index (χ2v) is 6.50. The van der Waals surface area contributed by atoms with E-state index in [0.717, 1.165) is 16.2 Å². The zero-order chi connectivity index (χ0) is 16.5. The Bertz CT molecular complexity index is 925. The van der Waals surface area contributed by atoms with E-state index >= 15 is 0 Å². The minimum atomic E-state index is 0.501. The summed E-state index contributed by atoms with van der Waals surface area (Å²) in [6.45, 7) is 0. The number of rotatable bonds is 3. The smallest absolute Gasteiger partial charge is 0.227 e. The van der Waals surface area contributed by atoms with Gasteiger partial charge in [-0.2, -0.15) is 14.8 Å². The summed E-state index contributed by atoms with van der Waals surface area (Å²) in [6, 6.07) is 9.82. The van der Waals surface area contributed by atoms with E-state index in [1.807, 2.05) is 36.6 Å². The Hall–Kier alpha value is -2.39. The summed E-state index contributed by atoms with van der Waals surface area (Å²) in [7, 11) is 1.59. The third-order valence-corrected chi connectivity index (χ3v) is 4.85. The molecule has 1 aliphatic heterocycles. The van der Waals surface area contributed by atoms with Crippen LogP contribution < -0.4 is 4.74 Å². The molecule has 0 aliphatic carbocycles. The molecule has 3 aromatic rings. The van der Waals surface area contributed by atoms with Crippen molar-refractivity contribution in [2.24, 2.45) is 5.10 Å². The molecular formula is C15H12N6OS2. The van der Waals surface area contributed by atoms with Gasteiger partial charge in [-0.15, -0.1) is 10.2 Å². The van der Waals surface area contributed by atoms with Gasteiger partial charge >= 0.3 is 0 Å². The largest absolute Gasteiger partial charge is 0.480 e. The van der Waals surface area contributed by atoms with Crippen LogP contribution in [0, 0.1) is 0 Å². The fraction of sp³-hybridized carbons (Fsp3) is 0.133. The molecule has 9 heteroatoms. The Morgan fingerprint density at radius 1 is 1.12 bits per heavy atom. The van der Waals surface area contributed by atoms with Crippen molar-refractivity contribution in [1.82, 2.24) is 24.8 Å². The number of methoxy groups -OCH3 is 1. The van der Waals surface area contributed by atoms with Crippen LogP contribution in [-0.2, 0) is 0 Å². The third kappa shape index (κ3) is 2.55. The van der Waals surface area contributed by atoms with Crippen LogP contribution in [0.25, 0.3) is 11.4 Å². The lowest BCUT2D eigenvalue weighted by Crippen LogP contribution is -2.01. The first kappa shape index (κ1) is 15.2. The average Bonchev–Trinajstić information content (AvgIpc) is 2.94. The van der Waals surface area contributed by atoms with E-state index in [2.05, 4.69) is 25.3 Å². The molecule has 0 spiro atoms.